The highest BCUT2D eigenvalue weighted by atomic mass is 32.3. The molecule has 1 N–H and O–H groups in total. The summed E-state index contributed by atoms with van der Waals surface area (Å²) in [6.45, 7) is 16.0. The average molecular weight is 538 g/mol. The normalized spacial score (nSPS) is 19.3. The molecule has 0 saturated carbocycles. The first-order chi connectivity index (χ1) is 18.2. The number of allylic oxidation sites excluding steroid dienone is 1. The highest BCUT2D eigenvalue weighted by Crippen LogP contribution is 2.67. The topological polar surface area (TPSA) is 18.5 Å². The zero-order valence-corrected chi connectivity index (χ0v) is 26.5. The number of anilines is 2. The van der Waals surface area contributed by atoms with E-state index in [1.807, 2.05) is 0 Å². The number of hydrogen-bond donors (Lipinski definition) is 1. The average Bonchev–Trinajstić information content (AvgIpc) is 3.02. The second-order valence-corrected chi connectivity index (χ2v) is 15.3. The van der Waals surface area contributed by atoms with E-state index >= 15 is 0 Å². The zero-order chi connectivity index (χ0) is 27.9. The summed E-state index contributed by atoms with van der Waals surface area (Å²) in [5, 5.41) is 3.57. The van der Waals surface area contributed by atoms with E-state index in [1.54, 1.807) is 10.5 Å². The number of unbranched alkanes of at least 4 members (excludes halogenated alkanes) is 2. The van der Waals surface area contributed by atoms with Gasteiger partial charge in [0.25, 0.3) is 0 Å². The number of rotatable bonds is 13. The summed E-state index contributed by atoms with van der Waals surface area (Å²) in [5.41, 5.74) is 6.73. The van der Waals surface area contributed by atoms with Crippen molar-refractivity contribution < 1.29 is 0 Å². The minimum atomic E-state index is -1.15. The van der Waals surface area contributed by atoms with Gasteiger partial charge >= 0.3 is 0 Å². The van der Waals surface area contributed by atoms with Crippen LogP contribution in [0.5, 0.6) is 0 Å². The van der Waals surface area contributed by atoms with Gasteiger partial charge in [0, 0.05) is 47.5 Å². The predicted molar refractivity (Wildman–Crippen MR) is 173 cm³/mol. The maximum absolute atomic E-state index is 4.21. The van der Waals surface area contributed by atoms with Crippen molar-refractivity contribution in [1.29, 1.82) is 0 Å². The number of benzene rings is 2. The predicted octanol–water partition coefficient (Wildman–Crippen LogP) is 9.79. The Labute approximate surface area is 236 Å². The highest BCUT2D eigenvalue weighted by molar-refractivity contribution is 8.31. The Morgan fingerprint density at radius 3 is 2.21 bits per heavy atom. The van der Waals surface area contributed by atoms with Crippen molar-refractivity contribution in [3.63, 3.8) is 0 Å². The van der Waals surface area contributed by atoms with Crippen LogP contribution < -0.4 is 10.2 Å². The van der Waals surface area contributed by atoms with Crippen molar-refractivity contribution in [3.05, 3.63) is 65.9 Å². The molecule has 3 nitrogen and oxygen atoms in total. The number of hydrogen-bond acceptors (Lipinski definition) is 3. The van der Waals surface area contributed by atoms with Gasteiger partial charge in [-0.1, -0.05) is 79.0 Å². The van der Waals surface area contributed by atoms with Crippen molar-refractivity contribution in [2.75, 3.05) is 42.9 Å². The standard InChI is InChI=1S/C34H55N3S/c1-10-15-22-34(23-16-11-2)26-32(28-18-17-19-29(24-28)35-27(6)12-3)31-25-30(36(7)8)20-21-33(31)38(13-4,14-5)37(34)9/h17-21,24-25,32,35H,6,10-16,22-23,26H2,1-5,7-9H3/t32-/m1/s1. The maximum Gasteiger partial charge on any atom is 0.0384 e. The van der Waals surface area contributed by atoms with Gasteiger partial charge in [0.05, 0.1) is 0 Å². The van der Waals surface area contributed by atoms with Crippen LogP contribution in [0.15, 0.2) is 59.6 Å². The second-order valence-electron chi connectivity index (χ2n) is 11.4. The van der Waals surface area contributed by atoms with E-state index in [-0.39, 0.29) is 5.54 Å². The second kappa shape index (κ2) is 13.4. The van der Waals surface area contributed by atoms with Gasteiger partial charge in [-0.25, -0.2) is 0 Å². The Morgan fingerprint density at radius 1 is 1.00 bits per heavy atom. The molecular formula is C34H55N3S. The van der Waals surface area contributed by atoms with E-state index in [0.717, 1.165) is 17.8 Å². The summed E-state index contributed by atoms with van der Waals surface area (Å²) in [4.78, 5) is 3.89. The molecule has 1 aliphatic heterocycles. The van der Waals surface area contributed by atoms with Crippen molar-refractivity contribution in [3.8, 4) is 0 Å². The lowest BCUT2D eigenvalue weighted by molar-refractivity contribution is 0.166. The maximum atomic E-state index is 4.21. The molecule has 2 aromatic carbocycles. The van der Waals surface area contributed by atoms with Gasteiger partial charge in [0.1, 0.15) is 0 Å². The third kappa shape index (κ3) is 6.12. The molecule has 2 aromatic rings. The molecule has 1 heterocycles. The van der Waals surface area contributed by atoms with Crippen LogP contribution in [0.2, 0.25) is 0 Å². The van der Waals surface area contributed by atoms with Gasteiger partial charge in [0.2, 0.25) is 0 Å². The zero-order valence-electron chi connectivity index (χ0n) is 25.7. The molecule has 0 spiro atoms. The molecule has 0 fully saturated rings. The smallest absolute Gasteiger partial charge is 0.0384 e. The van der Waals surface area contributed by atoms with Crippen molar-refractivity contribution in [1.82, 2.24) is 4.31 Å². The summed E-state index contributed by atoms with van der Waals surface area (Å²) < 4.78 is 2.96. The molecule has 38 heavy (non-hydrogen) atoms. The third-order valence-corrected chi connectivity index (χ3v) is 13.6. The molecule has 212 valence electrons. The molecule has 1 atom stereocenters. The third-order valence-electron chi connectivity index (χ3n) is 9.05. The first-order valence-electron chi connectivity index (χ1n) is 15.1. The fourth-order valence-corrected chi connectivity index (χ4v) is 10.6. The molecule has 0 unspecified atom stereocenters. The van der Waals surface area contributed by atoms with Crippen LogP contribution in [0, 0.1) is 0 Å². The molecule has 0 amide bonds. The first kappa shape index (κ1) is 30.6. The lowest BCUT2D eigenvalue weighted by Crippen LogP contribution is -2.48. The Bertz CT molecular complexity index is 1050. The minimum Gasteiger partial charge on any atom is -0.378 e. The summed E-state index contributed by atoms with van der Waals surface area (Å²) in [5.74, 6) is 2.78. The van der Waals surface area contributed by atoms with Gasteiger partial charge in [-0.3, -0.25) is 4.31 Å². The Morgan fingerprint density at radius 2 is 1.66 bits per heavy atom. The Hall–Kier alpha value is -1.91. The van der Waals surface area contributed by atoms with Crippen molar-refractivity contribution in [2.24, 2.45) is 0 Å². The fraction of sp³-hybridized carbons (Fsp3) is 0.588. The summed E-state index contributed by atoms with van der Waals surface area (Å²) in [7, 11) is 5.70. The molecule has 0 bridgehead atoms. The van der Waals surface area contributed by atoms with Gasteiger partial charge in [-0.2, -0.15) is 10.2 Å². The molecular weight excluding hydrogens is 482 g/mol. The van der Waals surface area contributed by atoms with Gasteiger partial charge < -0.3 is 10.2 Å². The van der Waals surface area contributed by atoms with Crippen LogP contribution >= 0.6 is 10.2 Å². The van der Waals surface area contributed by atoms with E-state index in [0.29, 0.717) is 5.92 Å². The minimum absolute atomic E-state index is 0.200. The molecule has 3 rings (SSSR count). The van der Waals surface area contributed by atoms with Crippen LogP contribution in [-0.2, 0) is 0 Å². The molecule has 0 aromatic heterocycles. The van der Waals surface area contributed by atoms with Gasteiger partial charge in [-0.15, -0.1) is 0 Å². The van der Waals surface area contributed by atoms with Gasteiger partial charge in [0.15, 0.2) is 0 Å². The number of nitrogens with zero attached hydrogens (tertiary/aromatic N) is 2. The lowest BCUT2D eigenvalue weighted by Gasteiger charge is -2.55. The van der Waals surface area contributed by atoms with E-state index in [4.69, 9.17) is 0 Å². The van der Waals surface area contributed by atoms with Crippen molar-refractivity contribution in [2.45, 2.75) is 102 Å². The largest absolute Gasteiger partial charge is 0.378 e. The lowest BCUT2D eigenvalue weighted by atomic mass is 9.75. The quantitative estimate of drug-likeness (QED) is 0.274. The molecule has 0 aliphatic carbocycles. The monoisotopic (exact) mass is 537 g/mol. The molecule has 4 heteroatoms. The van der Waals surface area contributed by atoms with Gasteiger partial charge in [-0.05, 0) is 85.7 Å². The highest BCUT2D eigenvalue weighted by Gasteiger charge is 2.48. The van der Waals surface area contributed by atoms with Crippen LogP contribution in [0.4, 0.5) is 11.4 Å². The van der Waals surface area contributed by atoms with E-state index in [9.17, 15) is 0 Å². The van der Waals surface area contributed by atoms with Crippen LogP contribution in [0.25, 0.3) is 0 Å². The number of nitrogens with one attached hydrogen (secondary N) is 1. The molecule has 0 saturated heterocycles. The molecule has 0 radical (unpaired) electrons. The Kier molecular flexibility index (Phi) is 10.8. The summed E-state index contributed by atoms with van der Waals surface area (Å²) in [6.07, 6.45) is 9.77. The summed E-state index contributed by atoms with van der Waals surface area (Å²) >= 11 is 0. The SMILES string of the molecule is C=C(CC)Nc1cccc([C@H]2CC(CCCC)(CCCC)N(C)S(CC)(CC)c3ccc(N(C)C)cc32)c1. The summed E-state index contributed by atoms with van der Waals surface area (Å²) in [6, 6.07) is 16.6. The Balaban J connectivity index is 2.33. The van der Waals surface area contributed by atoms with Crippen LogP contribution in [-0.4, -0.2) is 42.5 Å². The fourth-order valence-electron chi connectivity index (χ4n) is 6.55. The number of fused-ring (bicyclic) bond motifs is 1. The van der Waals surface area contributed by atoms with Crippen LogP contribution in [0.3, 0.4) is 0 Å². The molecule has 1 aliphatic rings. The van der Waals surface area contributed by atoms with Crippen molar-refractivity contribution >= 4 is 21.6 Å². The van der Waals surface area contributed by atoms with E-state index < -0.39 is 10.2 Å². The van der Waals surface area contributed by atoms with Crippen LogP contribution in [0.1, 0.15) is 103 Å². The van der Waals surface area contributed by atoms with E-state index in [2.05, 4.69) is 119 Å². The van der Waals surface area contributed by atoms with E-state index in [1.165, 1.54) is 67.7 Å². The first-order valence-corrected chi connectivity index (χ1v) is 17.0.